The average Bonchev–Trinajstić information content (AvgIpc) is 2.35. The number of thioether (sulfide) groups is 1. The molecule has 1 N–H and O–H groups in total. The van der Waals surface area contributed by atoms with Crippen LogP contribution in [-0.2, 0) is 0 Å². The Balaban J connectivity index is 1.56. The summed E-state index contributed by atoms with van der Waals surface area (Å²) in [6.45, 7) is 10.8. The second kappa shape index (κ2) is 7.56. The number of rotatable bonds is 5. The Hall–Kier alpha value is 0.0100. The summed E-state index contributed by atoms with van der Waals surface area (Å²) < 4.78 is 0. The van der Waals surface area contributed by atoms with Gasteiger partial charge in [0.25, 0.3) is 0 Å². The third kappa shape index (κ3) is 4.94. The van der Waals surface area contributed by atoms with E-state index in [9.17, 15) is 0 Å². The van der Waals surface area contributed by atoms with E-state index >= 15 is 0 Å². The van der Waals surface area contributed by atoms with Crippen molar-refractivity contribution < 1.29 is 0 Å². The molecule has 0 saturated carbocycles. The highest BCUT2D eigenvalue weighted by Gasteiger charge is 2.17. The fraction of sp³-hybridized carbons (Fsp3) is 0.867. The topological polar surface area (TPSA) is 15.3 Å². The molecule has 0 spiro atoms. The standard InChI is InChI=1S/C15H28N2S/c1-13-9-14(2)11-15(10-13)12-16-3-4-17-5-7-18-8-6-17/h9,13,15-16H,3-8,10-12H2,1-2H3. The summed E-state index contributed by atoms with van der Waals surface area (Å²) in [6.07, 6.45) is 5.12. The van der Waals surface area contributed by atoms with Crippen molar-refractivity contribution in [3.8, 4) is 0 Å². The summed E-state index contributed by atoms with van der Waals surface area (Å²) in [4.78, 5) is 2.60. The van der Waals surface area contributed by atoms with Crippen molar-refractivity contribution in [3.05, 3.63) is 11.6 Å². The molecule has 1 saturated heterocycles. The van der Waals surface area contributed by atoms with Gasteiger partial charge in [-0.05, 0) is 38.1 Å². The van der Waals surface area contributed by atoms with Crippen LogP contribution in [0.15, 0.2) is 11.6 Å². The van der Waals surface area contributed by atoms with Crippen molar-refractivity contribution >= 4 is 11.8 Å². The lowest BCUT2D eigenvalue weighted by Gasteiger charge is -2.28. The highest BCUT2D eigenvalue weighted by Crippen LogP contribution is 2.27. The second-order valence-corrected chi connectivity index (χ2v) is 7.18. The van der Waals surface area contributed by atoms with Crippen LogP contribution < -0.4 is 5.32 Å². The van der Waals surface area contributed by atoms with Crippen LogP contribution in [-0.4, -0.2) is 49.1 Å². The minimum Gasteiger partial charge on any atom is -0.315 e. The van der Waals surface area contributed by atoms with Gasteiger partial charge >= 0.3 is 0 Å². The number of allylic oxidation sites excluding steroid dienone is 2. The van der Waals surface area contributed by atoms with Gasteiger partial charge in [-0.1, -0.05) is 18.6 Å². The first-order chi connectivity index (χ1) is 8.74. The van der Waals surface area contributed by atoms with Crippen molar-refractivity contribution in [2.45, 2.75) is 26.7 Å². The molecule has 18 heavy (non-hydrogen) atoms. The molecule has 1 heterocycles. The normalized spacial score (nSPS) is 30.2. The molecule has 2 unspecified atom stereocenters. The fourth-order valence-electron chi connectivity index (χ4n) is 3.21. The van der Waals surface area contributed by atoms with Crippen LogP contribution in [0.5, 0.6) is 0 Å². The zero-order chi connectivity index (χ0) is 12.8. The van der Waals surface area contributed by atoms with E-state index in [0.29, 0.717) is 0 Å². The molecule has 2 aliphatic rings. The Morgan fingerprint density at radius 3 is 2.89 bits per heavy atom. The molecule has 0 aromatic rings. The molecule has 0 aromatic heterocycles. The lowest BCUT2D eigenvalue weighted by atomic mass is 9.84. The highest BCUT2D eigenvalue weighted by atomic mass is 32.2. The van der Waals surface area contributed by atoms with Gasteiger partial charge in [0.2, 0.25) is 0 Å². The predicted octanol–water partition coefficient (Wildman–Crippen LogP) is 2.62. The maximum atomic E-state index is 3.67. The van der Waals surface area contributed by atoms with Crippen LogP contribution >= 0.6 is 11.8 Å². The van der Waals surface area contributed by atoms with Gasteiger partial charge in [-0.3, -0.25) is 0 Å². The van der Waals surface area contributed by atoms with Gasteiger partial charge < -0.3 is 10.2 Å². The summed E-state index contributed by atoms with van der Waals surface area (Å²) in [5.41, 5.74) is 1.59. The molecule has 104 valence electrons. The summed E-state index contributed by atoms with van der Waals surface area (Å²) in [5, 5.41) is 3.67. The molecule has 0 bridgehead atoms. The molecule has 2 rings (SSSR count). The van der Waals surface area contributed by atoms with E-state index in [1.54, 1.807) is 5.57 Å². The minimum atomic E-state index is 0.782. The van der Waals surface area contributed by atoms with Gasteiger partial charge in [0.15, 0.2) is 0 Å². The number of hydrogen-bond acceptors (Lipinski definition) is 3. The first-order valence-electron chi connectivity index (χ1n) is 7.42. The largest absolute Gasteiger partial charge is 0.315 e. The predicted molar refractivity (Wildman–Crippen MR) is 82.3 cm³/mol. The van der Waals surface area contributed by atoms with Crippen molar-refractivity contribution in [2.75, 3.05) is 44.2 Å². The molecule has 0 radical (unpaired) electrons. The van der Waals surface area contributed by atoms with E-state index in [1.807, 2.05) is 0 Å². The van der Waals surface area contributed by atoms with E-state index in [0.717, 1.165) is 18.4 Å². The van der Waals surface area contributed by atoms with Gasteiger partial charge in [0.05, 0.1) is 0 Å². The molecular formula is C15H28N2S. The zero-order valence-electron chi connectivity index (χ0n) is 12.0. The van der Waals surface area contributed by atoms with Crippen molar-refractivity contribution in [1.29, 1.82) is 0 Å². The summed E-state index contributed by atoms with van der Waals surface area (Å²) in [6, 6.07) is 0. The smallest absolute Gasteiger partial charge is 0.0107 e. The SMILES string of the molecule is CC1=CC(C)CC(CNCCN2CCSCC2)C1. The van der Waals surface area contributed by atoms with Crippen LogP contribution in [0.2, 0.25) is 0 Å². The number of hydrogen-bond donors (Lipinski definition) is 1. The molecular weight excluding hydrogens is 240 g/mol. The van der Waals surface area contributed by atoms with Crippen molar-refractivity contribution in [2.24, 2.45) is 11.8 Å². The van der Waals surface area contributed by atoms with Crippen LogP contribution in [0.3, 0.4) is 0 Å². The summed E-state index contributed by atoms with van der Waals surface area (Å²) in [5.74, 6) is 4.29. The van der Waals surface area contributed by atoms with Gasteiger partial charge in [0, 0.05) is 37.7 Å². The summed E-state index contributed by atoms with van der Waals surface area (Å²) >= 11 is 2.09. The van der Waals surface area contributed by atoms with E-state index in [4.69, 9.17) is 0 Å². The quantitative estimate of drug-likeness (QED) is 0.609. The Bertz CT molecular complexity index is 272. The van der Waals surface area contributed by atoms with Crippen LogP contribution in [0.25, 0.3) is 0 Å². The van der Waals surface area contributed by atoms with Crippen LogP contribution in [0, 0.1) is 11.8 Å². The van der Waals surface area contributed by atoms with Crippen molar-refractivity contribution in [3.63, 3.8) is 0 Å². The van der Waals surface area contributed by atoms with Gasteiger partial charge in [-0.2, -0.15) is 11.8 Å². The number of nitrogens with one attached hydrogen (secondary N) is 1. The van der Waals surface area contributed by atoms with E-state index in [2.05, 4.69) is 41.9 Å². The molecule has 0 amide bonds. The first kappa shape index (κ1) is 14.4. The molecule has 0 aromatic carbocycles. The minimum absolute atomic E-state index is 0.782. The monoisotopic (exact) mass is 268 g/mol. The lowest BCUT2D eigenvalue weighted by Crippen LogP contribution is -2.39. The molecule has 1 aliphatic carbocycles. The van der Waals surface area contributed by atoms with E-state index < -0.39 is 0 Å². The fourth-order valence-corrected chi connectivity index (χ4v) is 4.19. The molecule has 2 nitrogen and oxygen atoms in total. The Morgan fingerprint density at radius 1 is 1.39 bits per heavy atom. The maximum absolute atomic E-state index is 3.67. The molecule has 2 atom stereocenters. The number of nitrogens with zero attached hydrogens (tertiary/aromatic N) is 1. The van der Waals surface area contributed by atoms with Gasteiger partial charge in [-0.25, -0.2) is 0 Å². The molecule has 3 heteroatoms. The second-order valence-electron chi connectivity index (χ2n) is 5.95. The Labute approximate surface area is 117 Å². The van der Waals surface area contributed by atoms with Crippen LogP contribution in [0.4, 0.5) is 0 Å². The van der Waals surface area contributed by atoms with Crippen LogP contribution in [0.1, 0.15) is 26.7 Å². The molecule has 1 fully saturated rings. The zero-order valence-corrected chi connectivity index (χ0v) is 12.8. The van der Waals surface area contributed by atoms with Gasteiger partial charge in [0.1, 0.15) is 0 Å². The summed E-state index contributed by atoms with van der Waals surface area (Å²) in [7, 11) is 0. The van der Waals surface area contributed by atoms with Gasteiger partial charge in [-0.15, -0.1) is 0 Å². The Kier molecular flexibility index (Phi) is 6.06. The maximum Gasteiger partial charge on any atom is 0.0107 e. The lowest BCUT2D eigenvalue weighted by molar-refractivity contribution is 0.293. The highest BCUT2D eigenvalue weighted by molar-refractivity contribution is 7.99. The van der Waals surface area contributed by atoms with E-state index in [1.165, 1.54) is 50.5 Å². The average molecular weight is 268 g/mol. The molecule has 1 aliphatic heterocycles. The third-order valence-corrected chi connectivity index (χ3v) is 4.97. The Morgan fingerprint density at radius 2 is 2.17 bits per heavy atom. The third-order valence-electron chi connectivity index (χ3n) is 4.03. The van der Waals surface area contributed by atoms with Crippen molar-refractivity contribution in [1.82, 2.24) is 10.2 Å². The first-order valence-corrected chi connectivity index (χ1v) is 8.57. The van der Waals surface area contributed by atoms with E-state index in [-0.39, 0.29) is 0 Å².